The van der Waals surface area contributed by atoms with Gasteiger partial charge in [0.1, 0.15) is 12.4 Å². The molecule has 0 saturated carbocycles. The molecular weight excluding hydrogens is 261 g/mol. The van der Waals surface area contributed by atoms with E-state index >= 15 is 0 Å². The van der Waals surface area contributed by atoms with Crippen LogP contribution in [0.1, 0.15) is 23.7 Å². The molecule has 0 atom stereocenters. The van der Waals surface area contributed by atoms with E-state index in [4.69, 9.17) is 5.73 Å². The summed E-state index contributed by atoms with van der Waals surface area (Å²) in [4.78, 5) is 26.9. The van der Waals surface area contributed by atoms with E-state index in [-0.39, 0.29) is 29.6 Å². The zero-order valence-corrected chi connectivity index (χ0v) is 12.0. The van der Waals surface area contributed by atoms with Gasteiger partial charge in [-0.3, -0.25) is 9.59 Å². The summed E-state index contributed by atoms with van der Waals surface area (Å²) in [5.74, 6) is -1.05. The van der Waals surface area contributed by atoms with E-state index in [0.29, 0.717) is 6.54 Å². The lowest BCUT2D eigenvalue weighted by Crippen LogP contribution is -2.40. The normalized spacial score (nSPS) is 10.2. The van der Waals surface area contributed by atoms with E-state index in [1.807, 2.05) is 6.92 Å². The van der Waals surface area contributed by atoms with E-state index in [2.05, 4.69) is 0 Å². The number of hydrogen-bond acceptors (Lipinski definition) is 3. The van der Waals surface area contributed by atoms with Gasteiger partial charge < -0.3 is 15.5 Å². The van der Waals surface area contributed by atoms with Gasteiger partial charge in [0.2, 0.25) is 5.91 Å². The summed E-state index contributed by atoms with van der Waals surface area (Å²) < 4.78 is 13.1. The Labute approximate surface area is 118 Å². The molecule has 0 fully saturated rings. The average Bonchev–Trinajstić information content (AvgIpc) is 2.40. The van der Waals surface area contributed by atoms with Crippen molar-refractivity contribution >= 4 is 17.5 Å². The summed E-state index contributed by atoms with van der Waals surface area (Å²) in [7, 11) is 3.26. The largest absolute Gasteiger partial charge is 0.396 e. The standard InChI is InChI=1S/C14H20FN3O2/c1-4-7-18(9-13(19)17(2)3)14(20)10-5-6-11(15)12(16)8-10/h5-6,8H,4,7,9,16H2,1-3H3. The fourth-order valence-electron chi connectivity index (χ4n) is 1.69. The van der Waals surface area contributed by atoms with Gasteiger partial charge in [-0.2, -0.15) is 0 Å². The molecule has 0 bridgehead atoms. The number of rotatable bonds is 5. The highest BCUT2D eigenvalue weighted by molar-refractivity contribution is 5.97. The fourth-order valence-corrected chi connectivity index (χ4v) is 1.69. The van der Waals surface area contributed by atoms with Gasteiger partial charge in [0.15, 0.2) is 0 Å². The average molecular weight is 281 g/mol. The number of halogens is 1. The van der Waals surface area contributed by atoms with Crippen molar-refractivity contribution in [1.29, 1.82) is 0 Å². The Morgan fingerprint density at radius 3 is 2.45 bits per heavy atom. The Bertz CT molecular complexity index is 503. The van der Waals surface area contributed by atoms with Gasteiger partial charge in [0, 0.05) is 26.2 Å². The maximum absolute atomic E-state index is 13.1. The highest BCUT2D eigenvalue weighted by atomic mass is 19.1. The number of anilines is 1. The van der Waals surface area contributed by atoms with Crippen LogP contribution in [0.2, 0.25) is 0 Å². The van der Waals surface area contributed by atoms with Crippen LogP contribution in [0.4, 0.5) is 10.1 Å². The van der Waals surface area contributed by atoms with Crippen LogP contribution >= 0.6 is 0 Å². The molecule has 0 saturated heterocycles. The molecule has 2 amide bonds. The number of amides is 2. The molecule has 110 valence electrons. The Kier molecular flexibility index (Phi) is 5.49. The molecule has 6 heteroatoms. The van der Waals surface area contributed by atoms with Crippen LogP contribution in [-0.2, 0) is 4.79 Å². The summed E-state index contributed by atoms with van der Waals surface area (Å²) in [6.45, 7) is 2.37. The molecular formula is C14H20FN3O2. The van der Waals surface area contributed by atoms with E-state index < -0.39 is 5.82 Å². The number of benzene rings is 1. The number of nitrogens with zero attached hydrogens (tertiary/aromatic N) is 2. The van der Waals surface area contributed by atoms with Gasteiger partial charge in [-0.05, 0) is 24.6 Å². The van der Waals surface area contributed by atoms with Crippen molar-refractivity contribution in [2.75, 3.05) is 32.9 Å². The minimum atomic E-state index is -0.562. The summed E-state index contributed by atoms with van der Waals surface area (Å²) >= 11 is 0. The third-order valence-corrected chi connectivity index (χ3v) is 2.85. The molecule has 0 aromatic heterocycles. The van der Waals surface area contributed by atoms with Crippen LogP contribution < -0.4 is 5.73 Å². The van der Waals surface area contributed by atoms with Crippen LogP contribution in [0.15, 0.2) is 18.2 Å². The first-order valence-electron chi connectivity index (χ1n) is 6.41. The van der Waals surface area contributed by atoms with Gasteiger partial charge >= 0.3 is 0 Å². The third-order valence-electron chi connectivity index (χ3n) is 2.85. The summed E-state index contributed by atoms with van der Waals surface area (Å²) in [5.41, 5.74) is 5.66. The smallest absolute Gasteiger partial charge is 0.254 e. The lowest BCUT2D eigenvalue weighted by molar-refractivity contribution is -0.129. The lowest BCUT2D eigenvalue weighted by Gasteiger charge is -2.23. The first-order chi connectivity index (χ1) is 9.36. The van der Waals surface area contributed by atoms with E-state index in [1.54, 1.807) is 14.1 Å². The summed E-state index contributed by atoms with van der Waals surface area (Å²) in [6, 6.07) is 3.82. The molecule has 0 spiro atoms. The van der Waals surface area contributed by atoms with Crippen molar-refractivity contribution in [3.63, 3.8) is 0 Å². The highest BCUT2D eigenvalue weighted by Crippen LogP contribution is 2.14. The number of carbonyl (C=O) groups excluding carboxylic acids is 2. The molecule has 2 N–H and O–H groups in total. The van der Waals surface area contributed by atoms with Crippen LogP contribution in [-0.4, -0.2) is 48.8 Å². The molecule has 0 aliphatic rings. The SMILES string of the molecule is CCCN(CC(=O)N(C)C)C(=O)c1ccc(F)c(N)c1. The van der Waals surface area contributed by atoms with Crippen molar-refractivity contribution in [1.82, 2.24) is 9.80 Å². The minimum absolute atomic E-state index is 0.00302. The van der Waals surface area contributed by atoms with Crippen molar-refractivity contribution in [3.05, 3.63) is 29.6 Å². The maximum Gasteiger partial charge on any atom is 0.254 e. The molecule has 5 nitrogen and oxygen atoms in total. The molecule has 0 heterocycles. The number of carbonyl (C=O) groups is 2. The number of nitrogens with two attached hydrogens (primary N) is 1. The van der Waals surface area contributed by atoms with Crippen LogP contribution in [0.3, 0.4) is 0 Å². The second kappa shape index (κ2) is 6.88. The quantitative estimate of drug-likeness (QED) is 0.828. The first-order valence-corrected chi connectivity index (χ1v) is 6.41. The van der Waals surface area contributed by atoms with Crippen LogP contribution in [0.25, 0.3) is 0 Å². The zero-order chi connectivity index (χ0) is 15.3. The number of hydrogen-bond donors (Lipinski definition) is 1. The molecule has 1 aromatic carbocycles. The summed E-state index contributed by atoms with van der Waals surface area (Å²) in [5, 5.41) is 0. The predicted molar refractivity (Wildman–Crippen MR) is 75.7 cm³/mol. The third kappa shape index (κ3) is 3.94. The van der Waals surface area contributed by atoms with Gasteiger partial charge in [-0.1, -0.05) is 6.92 Å². The van der Waals surface area contributed by atoms with Gasteiger partial charge in [-0.25, -0.2) is 4.39 Å². The summed E-state index contributed by atoms with van der Waals surface area (Å²) in [6.07, 6.45) is 0.725. The Hall–Kier alpha value is -2.11. The van der Waals surface area contributed by atoms with E-state index in [9.17, 15) is 14.0 Å². The first kappa shape index (κ1) is 15.9. The number of likely N-dealkylation sites (N-methyl/N-ethyl adjacent to an activating group) is 1. The molecule has 1 aromatic rings. The lowest BCUT2D eigenvalue weighted by atomic mass is 10.1. The zero-order valence-electron chi connectivity index (χ0n) is 12.0. The van der Waals surface area contributed by atoms with Crippen molar-refractivity contribution in [3.8, 4) is 0 Å². The second-order valence-corrected chi connectivity index (χ2v) is 4.75. The monoisotopic (exact) mass is 281 g/mol. The fraction of sp³-hybridized carbons (Fsp3) is 0.429. The Morgan fingerprint density at radius 1 is 1.30 bits per heavy atom. The topological polar surface area (TPSA) is 66.6 Å². The Morgan fingerprint density at radius 2 is 1.95 bits per heavy atom. The molecule has 0 radical (unpaired) electrons. The number of nitrogen functional groups attached to an aromatic ring is 1. The van der Waals surface area contributed by atoms with Gasteiger partial charge in [-0.15, -0.1) is 0 Å². The maximum atomic E-state index is 13.1. The molecule has 0 aliphatic carbocycles. The molecule has 1 rings (SSSR count). The van der Waals surface area contributed by atoms with E-state index in [1.165, 1.54) is 21.9 Å². The van der Waals surface area contributed by atoms with Crippen molar-refractivity contribution in [2.45, 2.75) is 13.3 Å². The second-order valence-electron chi connectivity index (χ2n) is 4.75. The predicted octanol–water partition coefficient (Wildman–Crippen LogP) is 1.35. The Balaban J connectivity index is 2.92. The molecule has 20 heavy (non-hydrogen) atoms. The van der Waals surface area contributed by atoms with Crippen LogP contribution in [0.5, 0.6) is 0 Å². The van der Waals surface area contributed by atoms with Crippen LogP contribution in [0, 0.1) is 5.82 Å². The molecule has 0 aliphatic heterocycles. The minimum Gasteiger partial charge on any atom is -0.396 e. The molecule has 0 unspecified atom stereocenters. The van der Waals surface area contributed by atoms with Crippen molar-refractivity contribution in [2.24, 2.45) is 0 Å². The van der Waals surface area contributed by atoms with Gasteiger partial charge in [0.05, 0.1) is 5.69 Å². The highest BCUT2D eigenvalue weighted by Gasteiger charge is 2.19. The van der Waals surface area contributed by atoms with Gasteiger partial charge in [0.25, 0.3) is 5.91 Å². The van der Waals surface area contributed by atoms with Crippen molar-refractivity contribution < 1.29 is 14.0 Å². The van der Waals surface area contributed by atoms with E-state index in [0.717, 1.165) is 12.5 Å².